The molecule has 2 rings (SSSR count). The summed E-state index contributed by atoms with van der Waals surface area (Å²) in [6, 6.07) is 7.58. The van der Waals surface area contributed by atoms with Crippen molar-refractivity contribution in [1.29, 1.82) is 0 Å². The normalized spacial score (nSPS) is 12.8. The van der Waals surface area contributed by atoms with Gasteiger partial charge in [-0.25, -0.2) is 9.97 Å². The van der Waals surface area contributed by atoms with Crippen LogP contribution in [0.5, 0.6) is 0 Å². The lowest BCUT2D eigenvalue weighted by atomic mass is 9.96. The minimum absolute atomic E-state index is 0.293. The molecule has 4 heteroatoms. The van der Waals surface area contributed by atoms with Crippen molar-refractivity contribution in [2.45, 2.75) is 26.2 Å². The predicted molar refractivity (Wildman–Crippen MR) is 69.4 cm³/mol. The Balaban J connectivity index is 2.41. The molecule has 0 amide bonds. The molecule has 0 saturated carbocycles. The second-order valence-electron chi connectivity index (χ2n) is 4.81. The van der Waals surface area contributed by atoms with Crippen LogP contribution in [0.4, 0.5) is 0 Å². The largest absolute Gasteiger partial charge is 0.481 e. The molecule has 0 saturated heterocycles. The number of benzene rings is 1. The van der Waals surface area contributed by atoms with E-state index >= 15 is 0 Å². The summed E-state index contributed by atoms with van der Waals surface area (Å²) < 4.78 is 0. The van der Waals surface area contributed by atoms with Gasteiger partial charge >= 0.3 is 5.97 Å². The lowest BCUT2D eigenvalue weighted by molar-refractivity contribution is -0.139. The summed E-state index contributed by atoms with van der Waals surface area (Å²) in [5.41, 5.74) is 0.789. The number of aliphatic carboxylic acids is 1. The number of aromatic nitrogens is 2. The molecule has 1 heterocycles. The van der Waals surface area contributed by atoms with Crippen molar-refractivity contribution in [3.8, 4) is 0 Å². The summed E-state index contributed by atoms with van der Waals surface area (Å²) in [5, 5.41) is 10.2. The van der Waals surface area contributed by atoms with E-state index in [1.165, 1.54) is 0 Å². The van der Waals surface area contributed by atoms with Gasteiger partial charge in [0.15, 0.2) is 0 Å². The van der Waals surface area contributed by atoms with Crippen molar-refractivity contribution in [2.24, 2.45) is 5.92 Å². The average molecular weight is 244 g/mol. The van der Waals surface area contributed by atoms with Gasteiger partial charge in [0.1, 0.15) is 11.7 Å². The Labute approximate surface area is 106 Å². The van der Waals surface area contributed by atoms with Crippen LogP contribution < -0.4 is 0 Å². The topological polar surface area (TPSA) is 63.1 Å². The molecule has 0 aliphatic rings. The first-order valence-corrected chi connectivity index (χ1v) is 6.02. The van der Waals surface area contributed by atoms with Gasteiger partial charge in [0.05, 0.1) is 5.52 Å². The van der Waals surface area contributed by atoms with E-state index in [0.717, 1.165) is 10.9 Å². The van der Waals surface area contributed by atoms with E-state index in [4.69, 9.17) is 0 Å². The van der Waals surface area contributed by atoms with Crippen LogP contribution in [0.15, 0.2) is 30.5 Å². The Hall–Kier alpha value is -1.97. The molecule has 0 bridgehead atoms. The van der Waals surface area contributed by atoms with E-state index in [0.29, 0.717) is 18.2 Å². The van der Waals surface area contributed by atoms with E-state index in [-0.39, 0.29) is 0 Å². The van der Waals surface area contributed by atoms with Crippen molar-refractivity contribution in [3.63, 3.8) is 0 Å². The molecule has 18 heavy (non-hydrogen) atoms. The number of carboxylic acid groups (broad SMARTS) is 1. The fraction of sp³-hybridized carbons (Fsp3) is 0.357. The van der Waals surface area contributed by atoms with Gasteiger partial charge in [-0.05, 0) is 18.4 Å². The van der Waals surface area contributed by atoms with Crippen LogP contribution in [0.25, 0.3) is 10.9 Å². The Morgan fingerprint density at radius 1 is 1.33 bits per heavy atom. The molecular weight excluding hydrogens is 228 g/mol. The highest BCUT2D eigenvalue weighted by molar-refractivity contribution is 5.79. The van der Waals surface area contributed by atoms with E-state index in [9.17, 15) is 9.90 Å². The number of hydrogen-bond acceptors (Lipinski definition) is 3. The van der Waals surface area contributed by atoms with Crippen molar-refractivity contribution < 1.29 is 9.90 Å². The lowest BCUT2D eigenvalue weighted by Gasteiger charge is -2.13. The van der Waals surface area contributed by atoms with Crippen LogP contribution in [0.3, 0.4) is 0 Å². The van der Waals surface area contributed by atoms with E-state index in [1.807, 2.05) is 38.1 Å². The molecule has 1 unspecified atom stereocenters. The molecular formula is C14H16N2O2. The molecule has 0 spiro atoms. The molecule has 2 aromatic rings. The standard InChI is InChI=1S/C14H16N2O2/c1-9(2)7-11(14(17)18)13-15-8-10-5-3-4-6-12(10)16-13/h3-6,8-9,11H,7H2,1-2H3,(H,17,18). The molecule has 0 aliphatic heterocycles. The van der Waals surface area contributed by atoms with Gasteiger partial charge in [-0.15, -0.1) is 0 Å². The van der Waals surface area contributed by atoms with Gasteiger partial charge in [-0.2, -0.15) is 0 Å². The highest BCUT2D eigenvalue weighted by Crippen LogP contribution is 2.22. The van der Waals surface area contributed by atoms with Gasteiger partial charge in [0, 0.05) is 11.6 Å². The van der Waals surface area contributed by atoms with E-state index < -0.39 is 11.9 Å². The summed E-state index contributed by atoms with van der Waals surface area (Å²) in [7, 11) is 0. The third-order valence-corrected chi connectivity index (χ3v) is 2.82. The number of rotatable bonds is 4. The molecule has 1 aromatic heterocycles. The molecule has 0 radical (unpaired) electrons. The van der Waals surface area contributed by atoms with Gasteiger partial charge in [-0.1, -0.05) is 32.0 Å². The third-order valence-electron chi connectivity index (χ3n) is 2.82. The SMILES string of the molecule is CC(C)CC(C(=O)O)c1ncc2ccccc2n1. The van der Waals surface area contributed by atoms with Gasteiger partial charge in [-0.3, -0.25) is 4.79 Å². The van der Waals surface area contributed by atoms with Gasteiger partial charge < -0.3 is 5.11 Å². The van der Waals surface area contributed by atoms with Crippen LogP contribution in [0.1, 0.15) is 32.0 Å². The first-order valence-electron chi connectivity index (χ1n) is 6.02. The first kappa shape index (κ1) is 12.5. The zero-order chi connectivity index (χ0) is 13.1. The minimum Gasteiger partial charge on any atom is -0.481 e. The Kier molecular flexibility index (Phi) is 3.55. The van der Waals surface area contributed by atoms with Crippen molar-refractivity contribution in [3.05, 3.63) is 36.3 Å². The Morgan fingerprint density at radius 2 is 2.06 bits per heavy atom. The van der Waals surface area contributed by atoms with Crippen LogP contribution in [-0.4, -0.2) is 21.0 Å². The highest BCUT2D eigenvalue weighted by Gasteiger charge is 2.24. The maximum atomic E-state index is 11.3. The fourth-order valence-electron chi connectivity index (χ4n) is 1.94. The fourth-order valence-corrected chi connectivity index (χ4v) is 1.94. The molecule has 0 fully saturated rings. The quantitative estimate of drug-likeness (QED) is 0.898. The van der Waals surface area contributed by atoms with Crippen LogP contribution in [0, 0.1) is 5.92 Å². The van der Waals surface area contributed by atoms with Crippen LogP contribution >= 0.6 is 0 Å². The van der Waals surface area contributed by atoms with Gasteiger partial charge in [0.2, 0.25) is 0 Å². The summed E-state index contributed by atoms with van der Waals surface area (Å²) >= 11 is 0. The Bertz CT molecular complexity index is 566. The van der Waals surface area contributed by atoms with Crippen molar-refractivity contribution in [2.75, 3.05) is 0 Å². The smallest absolute Gasteiger partial charge is 0.314 e. The molecule has 1 aromatic carbocycles. The molecule has 94 valence electrons. The number of fused-ring (bicyclic) bond motifs is 1. The van der Waals surface area contributed by atoms with Crippen molar-refractivity contribution in [1.82, 2.24) is 9.97 Å². The maximum Gasteiger partial charge on any atom is 0.314 e. The Morgan fingerprint density at radius 3 is 2.72 bits per heavy atom. The highest BCUT2D eigenvalue weighted by atomic mass is 16.4. The summed E-state index contributed by atoms with van der Waals surface area (Å²) in [4.78, 5) is 19.8. The predicted octanol–water partition coefficient (Wildman–Crippen LogP) is 2.84. The number of nitrogens with zero attached hydrogens (tertiary/aromatic N) is 2. The number of carbonyl (C=O) groups is 1. The second-order valence-corrected chi connectivity index (χ2v) is 4.81. The second kappa shape index (κ2) is 5.12. The average Bonchev–Trinajstić information content (AvgIpc) is 2.35. The minimum atomic E-state index is -0.862. The number of carboxylic acids is 1. The zero-order valence-electron chi connectivity index (χ0n) is 10.5. The summed E-state index contributed by atoms with van der Waals surface area (Å²) in [5.74, 6) is -0.801. The summed E-state index contributed by atoms with van der Waals surface area (Å²) in [6.07, 6.45) is 2.24. The van der Waals surface area contributed by atoms with E-state index in [1.54, 1.807) is 6.20 Å². The molecule has 0 aliphatic carbocycles. The number of hydrogen-bond donors (Lipinski definition) is 1. The van der Waals surface area contributed by atoms with Gasteiger partial charge in [0.25, 0.3) is 0 Å². The first-order chi connectivity index (χ1) is 8.58. The summed E-state index contributed by atoms with van der Waals surface area (Å²) in [6.45, 7) is 3.99. The van der Waals surface area contributed by atoms with Crippen LogP contribution in [0.2, 0.25) is 0 Å². The van der Waals surface area contributed by atoms with Crippen LogP contribution in [-0.2, 0) is 4.79 Å². The van der Waals surface area contributed by atoms with E-state index in [2.05, 4.69) is 9.97 Å². The maximum absolute atomic E-state index is 11.3. The van der Waals surface area contributed by atoms with Crippen molar-refractivity contribution >= 4 is 16.9 Å². The molecule has 4 nitrogen and oxygen atoms in total. The zero-order valence-corrected chi connectivity index (χ0v) is 10.5. The monoisotopic (exact) mass is 244 g/mol. The number of para-hydroxylation sites is 1. The third kappa shape index (κ3) is 2.64. The molecule has 1 atom stereocenters. The lowest BCUT2D eigenvalue weighted by Crippen LogP contribution is -2.17. The molecule has 1 N–H and O–H groups in total.